The van der Waals surface area contributed by atoms with Gasteiger partial charge in [-0.1, -0.05) is 23.2 Å². The molecule has 0 aromatic heterocycles. The van der Waals surface area contributed by atoms with Gasteiger partial charge in [0.25, 0.3) is 5.91 Å². The van der Waals surface area contributed by atoms with E-state index in [1.807, 2.05) is 4.90 Å². The fourth-order valence-corrected chi connectivity index (χ4v) is 3.97. The molecule has 146 valence electrons. The maximum atomic E-state index is 14.6. The standard InChI is InChI=1S/C17H19Cl2FN4O3/c18-15(19)16(25)22-4-9-5-24(17(26)27-9)8-1-2-13(12(20)3-8)23-6-10-11(7-23)14(10)21/h1-3,9-11,14-15H,4-7,21H2,(H,22,25)/t9-,10-,11+,14?/m0/s1. The van der Waals surface area contributed by atoms with Crippen LogP contribution in [0, 0.1) is 17.7 Å². The number of benzene rings is 1. The Labute approximate surface area is 165 Å². The molecule has 0 radical (unpaired) electrons. The lowest BCUT2D eigenvalue weighted by atomic mass is 10.2. The van der Waals surface area contributed by atoms with Gasteiger partial charge in [-0.15, -0.1) is 0 Å². The molecule has 3 aliphatic rings. The minimum absolute atomic E-state index is 0.0778. The third-order valence-electron chi connectivity index (χ3n) is 5.42. The fourth-order valence-electron chi connectivity index (χ4n) is 3.82. The predicted molar refractivity (Wildman–Crippen MR) is 99.7 cm³/mol. The van der Waals surface area contributed by atoms with Gasteiger partial charge in [0.05, 0.1) is 24.5 Å². The Hall–Kier alpha value is -1.77. The molecule has 2 saturated heterocycles. The highest BCUT2D eigenvalue weighted by atomic mass is 35.5. The number of hydrogen-bond acceptors (Lipinski definition) is 5. The fraction of sp³-hybridized carbons (Fsp3) is 0.529. The van der Waals surface area contributed by atoms with Crippen molar-refractivity contribution in [3.63, 3.8) is 0 Å². The zero-order valence-corrected chi connectivity index (χ0v) is 15.8. The number of carbonyl (C=O) groups is 2. The highest BCUT2D eigenvalue weighted by molar-refractivity contribution is 6.53. The molecule has 2 heterocycles. The van der Waals surface area contributed by atoms with E-state index in [9.17, 15) is 14.0 Å². The first-order chi connectivity index (χ1) is 12.8. The first kappa shape index (κ1) is 18.6. The maximum absolute atomic E-state index is 14.6. The molecule has 0 spiro atoms. The molecular weight excluding hydrogens is 398 g/mol. The number of piperidine rings is 1. The smallest absolute Gasteiger partial charge is 0.414 e. The number of fused-ring (bicyclic) bond motifs is 1. The number of nitrogens with two attached hydrogens (primary N) is 1. The number of halogens is 3. The molecule has 3 fully saturated rings. The van der Waals surface area contributed by atoms with Crippen molar-refractivity contribution in [3.8, 4) is 0 Å². The second-order valence-corrected chi connectivity index (χ2v) is 8.20. The maximum Gasteiger partial charge on any atom is 0.414 e. The van der Waals surface area contributed by atoms with Crippen LogP contribution < -0.4 is 20.9 Å². The van der Waals surface area contributed by atoms with Crippen molar-refractivity contribution < 1.29 is 18.7 Å². The zero-order valence-electron chi connectivity index (χ0n) is 14.3. The number of anilines is 2. The minimum Gasteiger partial charge on any atom is -0.442 e. The van der Waals surface area contributed by atoms with Gasteiger partial charge in [0.15, 0.2) is 4.84 Å². The van der Waals surface area contributed by atoms with E-state index in [1.54, 1.807) is 12.1 Å². The Bertz CT molecular complexity index is 769. The molecule has 0 bridgehead atoms. The zero-order chi connectivity index (χ0) is 19.3. The summed E-state index contributed by atoms with van der Waals surface area (Å²) in [6.45, 7) is 1.79. The van der Waals surface area contributed by atoms with Crippen molar-refractivity contribution in [3.05, 3.63) is 24.0 Å². The topological polar surface area (TPSA) is 87.9 Å². The van der Waals surface area contributed by atoms with Crippen molar-refractivity contribution in [1.82, 2.24) is 5.32 Å². The van der Waals surface area contributed by atoms with Crippen molar-refractivity contribution in [2.75, 3.05) is 36.0 Å². The van der Waals surface area contributed by atoms with Crippen LogP contribution in [-0.4, -0.2) is 55.2 Å². The lowest BCUT2D eigenvalue weighted by Gasteiger charge is -2.23. The molecule has 1 aliphatic carbocycles. The van der Waals surface area contributed by atoms with Gasteiger partial charge < -0.3 is 20.7 Å². The van der Waals surface area contributed by atoms with E-state index in [1.165, 1.54) is 11.0 Å². The molecule has 27 heavy (non-hydrogen) atoms. The van der Waals surface area contributed by atoms with E-state index < -0.39 is 22.9 Å². The quantitative estimate of drug-likeness (QED) is 0.709. The van der Waals surface area contributed by atoms with Gasteiger partial charge in [-0.25, -0.2) is 9.18 Å². The number of amides is 2. The van der Waals surface area contributed by atoms with Crippen LogP contribution in [-0.2, 0) is 9.53 Å². The average Bonchev–Trinajstić information content (AvgIpc) is 3.00. The summed E-state index contributed by atoms with van der Waals surface area (Å²) in [5.74, 6) is -0.0472. The van der Waals surface area contributed by atoms with Crippen LogP contribution in [0.25, 0.3) is 0 Å². The van der Waals surface area contributed by atoms with Gasteiger partial charge in [0, 0.05) is 19.1 Å². The van der Waals surface area contributed by atoms with Crippen molar-refractivity contribution in [1.29, 1.82) is 0 Å². The largest absolute Gasteiger partial charge is 0.442 e. The molecule has 4 atom stereocenters. The van der Waals surface area contributed by atoms with E-state index in [0.717, 1.165) is 13.1 Å². The number of cyclic esters (lactones) is 1. The van der Waals surface area contributed by atoms with Crippen molar-refractivity contribution >= 4 is 46.6 Å². The lowest BCUT2D eigenvalue weighted by Crippen LogP contribution is -2.37. The minimum atomic E-state index is -1.19. The summed E-state index contributed by atoms with van der Waals surface area (Å²) in [4.78, 5) is 25.6. The molecule has 1 aromatic carbocycles. The van der Waals surface area contributed by atoms with Crippen LogP contribution in [0.2, 0.25) is 0 Å². The molecule has 2 aliphatic heterocycles. The van der Waals surface area contributed by atoms with Gasteiger partial charge in [0.2, 0.25) is 0 Å². The summed E-state index contributed by atoms with van der Waals surface area (Å²) in [5.41, 5.74) is 6.85. The van der Waals surface area contributed by atoms with Gasteiger partial charge >= 0.3 is 6.09 Å². The van der Waals surface area contributed by atoms with Crippen LogP contribution in [0.3, 0.4) is 0 Å². The monoisotopic (exact) mass is 416 g/mol. The molecular formula is C17H19Cl2FN4O3. The van der Waals surface area contributed by atoms with E-state index in [0.29, 0.717) is 23.2 Å². The Morgan fingerprint density at radius 2 is 2.04 bits per heavy atom. The number of nitrogens with zero attached hydrogens (tertiary/aromatic N) is 2. The Balaban J connectivity index is 1.39. The molecule has 1 saturated carbocycles. The average molecular weight is 417 g/mol. The molecule has 1 aromatic rings. The number of hydrogen-bond donors (Lipinski definition) is 2. The third-order valence-corrected chi connectivity index (χ3v) is 5.82. The van der Waals surface area contributed by atoms with Crippen LogP contribution in [0.4, 0.5) is 20.6 Å². The lowest BCUT2D eigenvalue weighted by molar-refractivity contribution is -0.119. The summed E-state index contributed by atoms with van der Waals surface area (Å²) in [5, 5.41) is 2.49. The Kier molecular flexibility index (Phi) is 4.82. The second kappa shape index (κ2) is 7.00. The van der Waals surface area contributed by atoms with E-state index in [2.05, 4.69) is 5.32 Å². The summed E-state index contributed by atoms with van der Waals surface area (Å²) in [7, 11) is 0. The van der Waals surface area contributed by atoms with E-state index in [4.69, 9.17) is 33.7 Å². The molecule has 1 unspecified atom stereocenters. The Morgan fingerprint density at radius 1 is 1.33 bits per heavy atom. The molecule has 4 rings (SSSR count). The highest BCUT2D eigenvalue weighted by Crippen LogP contribution is 2.45. The first-order valence-corrected chi connectivity index (χ1v) is 9.56. The molecule has 7 nitrogen and oxygen atoms in total. The van der Waals surface area contributed by atoms with Crippen LogP contribution in [0.5, 0.6) is 0 Å². The number of nitrogens with one attached hydrogen (secondary N) is 1. The Morgan fingerprint density at radius 3 is 2.67 bits per heavy atom. The van der Waals surface area contributed by atoms with Gasteiger partial charge in [-0.3, -0.25) is 9.69 Å². The predicted octanol–water partition coefficient (Wildman–Crippen LogP) is 1.46. The van der Waals surface area contributed by atoms with Gasteiger partial charge in [-0.05, 0) is 30.0 Å². The molecule has 2 amide bonds. The van der Waals surface area contributed by atoms with Crippen LogP contribution in [0.1, 0.15) is 0 Å². The number of rotatable bonds is 5. The number of carbonyl (C=O) groups excluding carboxylic acids is 2. The normalized spacial score (nSPS) is 29.1. The number of ether oxygens (including phenoxy) is 1. The van der Waals surface area contributed by atoms with Gasteiger partial charge in [0.1, 0.15) is 11.9 Å². The highest BCUT2D eigenvalue weighted by Gasteiger charge is 2.53. The molecule has 3 N–H and O–H groups in total. The first-order valence-electron chi connectivity index (χ1n) is 8.69. The SMILES string of the molecule is NC1[C@H]2CN(c3ccc(N4C[C@H](CNC(=O)C(Cl)Cl)OC4=O)cc3F)C[C@@H]12. The van der Waals surface area contributed by atoms with Gasteiger partial charge in [-0.2, -0.15) is 0 Å². The summed E-state index contributed by atoms with van der Waals surface area (Å²) < 4.78 is 19.8. The summed E-state index contributed by atoms with van der Waals surface area (Å²) >= 11 is 10.9. The third kappa shape index (κ3) is 3.53. The summed E-state index contributed by atoms with van der Waals surface area (Å²) in [6, 6.07) is 4.94. The van der Waals surface area contributed by atoms with E-state index >= 15 is 0 Å². The summed E-state index contributed by atoms with van der Waals surface area (Å²) in [6.07, 6.45) is -1.16. The number of alkyl halides is 2. The van der Waals surface area contributed by atoms with Crippen LogP contribution >= 0.6 is 23.2 Å². The van der Waals surface area contributed by atoms with Crippen molar-refractivity contribution in [2.45, 2.75) is 17.0 Å². The van der Waals surface area contributed by atoms with Crippen molar-refractivity contribution in [2.24, 2.45) is 17.6 Å². The second-order valence-electron chi connectivity index (χ2n) is 7.11. The van der Waals surface area contributed by atoms with Crippen LogP contribution in [0.15, 0.2) is 18.2 Å². The van der Waals surface area contributed by atoms with E-state index in [-0.39, 0.29) is 24.9 Å². The molecule has 10 heteroatoms.